The molecule has 5 nitrogen and oxygen atoms in total. The number of aromatic nitrogens is 2. The third-order valence-electron chi connectivity index (χ3n) is 2.43. The first-order chi connectivity index (χ1) is 7.56. The molecule has 16 heavy (non-hydrogen) atoms. The lowest BCUT2D eigenvalue weighted by Gasteiger charge is -2.20. The molecule has 0 aliphatic rings. The van der Waals surface area contributed by atoms with Crippen molar-refractivity contribution in [2.75, 3.05) is 32.1 Å². The van der Waals surface area contributed by atoms with Gasteiger partial charge in [-0.15, -0.1) is 0 Å². The molecule has 0 aliphatic carbocycles. The zero-order chi connectivity index (χ0) is 12.1. The van der Waals surface area contributed by atoms with E-state index in [9.17, 15) is 0 Å². The highest BCUT2D eigenvalue weighted by atomic mass is 32.1. The number of nitrogens with zero attached hydrogens (tertiary/aromatic N) is 2. The first kappa shape index (κ1) is 12.8. The fraction of sp³-hybridized carbons (Fsp3) is 0.600. The second-order valence-corrected chi connectivity index (χ2v) is 4.12. The molecule has 0 saturated heterocycles. The first-order valence-corrected chi connectivity index (χ1v) is 5.65. The van der Waals surface area contributed by atoms with Gasteiger partial charge in [0.25, 0.3) is 0 Å². The highest BCUT2D eigenvalue weighted by Crippen LogP contribution is 2.19. The summed E-state index contributed by atoms with van der Waals surface area (Å²) in [5.74, 6) is 0. The van der Waals surface area contributed by atoms with Crippen molar-refractivity contribution in [1.29, 1.82) is 0 Å². The zero-order valence-corrected chi connectivity index (χ0v) is 11.0. The van der Waals surface area contributed by atoms with E-state index in [0.29, 0.717) is 5.11 Å². The third-order valence-corrected chi connectivity index (χ3v) is 2.78. The maximum atomic E-state index is 5.00. The summed E-state index contributed by atoms with van der Waals surface area (Å²) in [5.41, 5.74) is 3.28. The minimum absolute atomic E-state index is 0.675. The molecule has 0 aliphatic heterocycles. The Hall–Kier alpha value is -1.30. The van der Waals surface area contributed by atoms with Crippen LogP contribution in [0.25, 0.3) is 0 Å². The molecule has 1 aromatic rings. The molecular formula is C10H19N5S. The van der Waals surface area contributed by atoms with Crippen molar-refractivity contribution in [3.05, 3.63) is 11.4 Å². The zero-order valence-electron chi connectivity index (χ0n) is 10.2. The summed E-state index contributed by atoms with van der Waals surface area (Å²) in [4.78, 5) is 2.17. The molecule has 0 saturated carbocycles. The average molecular weight is 241 g/mol. The van der Waals surface area contributed by atoms with Crippen LogP contribution in [0, 0.1) is 13.8 Å². The van der Waals surface area contributed by atoms with Crippen molar-refractivity contribution in [3.63, 3.8) is 0 Å². The molecule has 3 N–H and O–H groups in total. The molecule has 0 amide bonds. The molecule has 0 unspecified atom stereocenters. The van der Waals surface area contributed by atoms with E-state index in [1.54, 1.807) is 0 Å². The lowest BCUT2D eigenvalue weighted by Crippen LogP contribution is -2.37. The molecule has 1 heterocycles. The number of rotatable bonds is 4. The fourth-order valence-corrected chi connectivity index (χ4v) is 1.75. The van der Waals surface area contributed by atoms with Crippen LogP contribution >= 0.6 is 12.2 Å². The van der Waals surface area contributed by atoms with Crippen molar-refractivity contribution in [2.24, 2.45) is 0 Å². The molecule has 0 atom stereocenters. The monoisotopic (exact) mass is 241 g/mol. The van der Waals surface area contributed by atoms with Crippen LogP contribution in [0.5, 0.6) is 0 Å². The summed E-state index contributed by atoms with van der Waals surface area (Å²) in [5, 5.41) is 13.8. The Bertz CT molecular complexity index is 341. The smallest absolute Gasteiger partial charge is 0.166 e. The van der Waals surface area contributed by atoms with Crippen LogP contribution in [0.3, 0.4) is 0 Å². The molecule has 0 aromatic carbocycles. The Morgan fingerprint density at radius 1 is 1.50 bits per heavy atom. The average Bonchev–Trinajstić information content (AvgIpc) is 2.58. The molecule has 0 radical (unpaired) electrons. The number of hydrogen-bond acceptors (Lipinski definition) is 3. The van der Waals surface area contributed by atoms with E-state index in [4.69, 9.17) is 12.2 Å². The number of anilines is 1. The Balaban J connectivity index is 2.47. The Morgan fingerprint density at radius 3 is 2.69 bits per heavy atom. The van der Waals surface area contributed by atoms with Crippen LogP contribution in [-0.2, 0) is 0 Å². The summed E-state index contributed by atoms with van der Waals surface area (Å²) in [7, 11) is 3.86. The Kier molecular flexibility index (Phi) is 4.54. The molecule has 1 rings (SSSR count). The van der Waals surface area contributed by atoms with Gasteiger partial charge in [-0.25, -0.2) is 0 Å². The van der Waals surface area contributed by atoms with Gasteiger partial charge >= 0.3 is 0 Å². The molecule has 0 fully saturated rings. The number of hydrogen-bond donors (Lipinski definition) is 3. The fourth-order valence-electron chi connectivity index (χ4n) is 1.64. The van der Waals surface area contributed by atoms with Gasteiger partial charge in [0, 0.05) is 27.2 Å². The van der Waals surface area contributed by atoms with Crippen LogP contribution < -0.4 is 15.5 Å². The van der Waals surface area contributed by atoms with Crippen molar-refractivity contribution in [3.8, 4) is 0 Å². The molecule has 90 valence electrons. The summed E-state index contributed by atoms with van der Waals surface area (Å²) in [6, 6.07) is 0. The summed E-state index contributed by atoms with van der Waals surface area (Å²) >= 11 is 5.00. The highest BCUT2D eigenvalue weighted by molar-refractivity contribution is 7.80. The SMILES string of the molecule is CNC(=S)NCCN(C)c1c(C)n[nH]c1C. The van der Waals surface area contributed by atoms with Gasteiger partial charge in [-0.3, -0.25) is 5.10 Å². The van der Waals surface area contributed by atoms with Gasteiger partial charge in [0.1, 0.15) is 0 Å². The van der Waals surface area contributed by atoms with E-state index in [1.807, 2.05) is 20.9 Å². The van der Waals surface area contributed by atoms with Crippen LogP contribution in [0.15, 0.2) is 0 Å². The number of nitrogens with one attached hydrogen (secondary N) is 3. The van der Waals surface area contributed by atoms with Crippen LogP contribution in [-0.4, -0.2) is 42.5 Å². The summed E-state index contributed by atoms with van der Waals surface area (Å²) < 4.78 is 0. The minimum Gasteiger partial charge on any atom is -0.370 e. The normalized spacial score (nSPS) is 10.0. The quantitative estimate of drug-likeness (QED) is 0.672. The van der Waals surface area contributed by atoms with E-state index < -0.39 is 0 Å². The van der Waals surface area contributed by atoms with Gasteiger partial charge < -0.3 is 15.5 Å². The van der Waals surface area contributed by atoms with Gasteiger partial charge in [-0.2, -0.15) is 5.10 Å². The maximum absolute atomic E-state index is 5.00. The van der Waals surface area contributed by atoms with Gasteiger partial charge in [-0.1, -0.05) is 0 Å². The molecule has 0 bridgehead atoms. The van der Waals surface area contributed by atoms with Gasteiger partial charge in [0.15, 0.2) is 5.11 Å². The highest BCUT2D eigenvalue weighted by Gasteiger charge is 2.10. The molecular weight excluding hydrogens is 222 g/mol. The Labute approximate surface area is 102 Å². The first-order valence-electron chi connectivity index (χ1n) is 5.24. The largest absolute Gasteiger partial charge is 0.370 e. The Morgan fingerprint density at radius 2 is 2.19 bits per heavy atom. The van der Waals surface area contributed by atoms with Crippen molar-refractivity contribution in [2.45, 2.75) is 13.8 Å². The number of thiocarbonyl (C=S) groups is 1. The summed E-state index contributed by atoms with van der Waals surface area (Å²) in [6.45, 7) is 5.71. The van der Waals surface area contributed by atoms with E-state index in [1.165, 1.54) is 0 Å². The standard InChI is InChI=1S/C10H19N5S/c1-7-9(8(2)14-13-7)15(4)6-5-12-10(16)11-3/h5-6H2,1-4H3,(H,13,14)(H2,11,12,16). The molecule has 0 spiro atoms. The lowest BCUT2D eigenvalue weighted by molar-refractivity contribution is 0.810. The lowest BCUT2D eigenvalue weighted by atomic mass is 10.3. The molecule has 6 heteroatoms. The number of aryl methyl sites for hydroxylation is 2. The van der Waals surface area contributed by atoms with E-state index in [2.05, 4.69) is 32.8 Å². The predicted octanol–water partition coefficient (Wildman–Crippen LogP) is 0.557. The van der Waals surface area contributed by atoms with Crippen molar-refractivity contribution < 1.29 is 0 Å². The van der Waals surface area contributed by atoms with Crippen LogP contribution in [0.2, 0.25) is 0 Å². The molecule has 1 aromatic heterocycles. The van der Waals surface area contributed by atoms with E-state index >= 15 is 0 Å². The number of likely N-dealkylation sites (N-methyl/N-ethyl adjacent to an activating group) is 1. The topological polar surface area (TPSA) is 56.0 Å². The maximum Gasteiger partial charge on any atom is 0.166 e. The van der Waals surface area contributed by atoms with Crippen molar-refractivity contribution in [1.82, 2.24) is 20.8 Å². The number of aromatic amines is 1. The van der Waals surface area contributed by atoms with Gasteiger partial charge in [-0.05, 0) is 26.1 Å². The summed E-state index contributed by atoms with van der Waals surface area (Å²) in [6.07, 6.45) is 0. The van der Waals surface area contributed by atoms with E-state index in [0.717, 1.165) is 30.2 Å². The second kappa shape index (κ2) is 5.69. The van der Waals surface area contributed by atoms with Crippen LogP contribution in [0.1, 0.15) is 11.4 Å². The second-order valence-electron chi connectivity index (χ2n) is 3.71. The van der Waals surface area contributed by atoms with Crippen molar-refractivity contribution >= 4 is 23.0 Å². The third kappa shape index (κ3) is 3.10. The minimum atomic E-state index is 0.675. The predicted molar refractivity (Wildman–Crippen MR) is 71.0 cm³/mol. The van der Waals surface area contributed by atoms with Gasteiger partial charge in [0.2, 0.25) is 0 Å². The van der Waals surface area contributed by atoms with E-state index in [-0.39, 0.29) is 0 Å². The number of H-pyrrole nitrogens is 1. The van der Waals surface area contributed by atoms with Gasteiger partial charge in [0.05, 0.1) is 17.1 Å². The van der Waals surface area contributed by atoms with Crippen LogP contribution in [0.4, 0.5) is 5.69 Å².